The van der Waals surface area contributed by atoms with E-state index in [1.165, 1.54) is 16.2 Å². The van der Waals surface area contributed by atoms with E-state index < -0.39 is 0 Å². The van der Waals surface area contributed by atoms with Crippen LogP contribution in [0.4, 0.5) is 0 Å². The molecule has 1 atom stereocenters. The number of carbonyl (C=O) groups is 2. The molecule has 0 bridgehead atoms. The largest absolute Gasteiger partial charge is 0.359 e. The Morgan fingerprint density at radius 3 is 2.60 bits per heavy atom. The van der Waals surface area contributed by atoms with E-state index in [1.807, 2.05) is 0 Å². The summed E-state index contributed by atoms with van der Waals surface area (Å²) >= 11 is 0. The van der Waals surface area contributed by atoms with Crippen molar-refractivity contribution in [2.24, 2.45) is 5.92 Å². The normalized spacial score (nSPS) is 21.5. The zero-order chi connectivity index (χ0) is 21.3. The standard InChI is InChI=1S/C24H34N4O2/c1-17(2)12-21(15-20-13-18-6-4-5-7-22(18)25-20)28-23(29)14-19(24(28)30)16-27-10-8-26(3)9-11-27/h5,7,13-14,17,21,25H,4,6,8-12,15-16H2,1-3H3. The number of piperazine rings is 1. The van der Waals surface area contributed by atoms with Crippen LogP contribution in [0.5, 0.6) is 0 Å². The molecule has 1 aliphatic carbocycles. The van der Waals surface area contributed by atoms with Crippen molar-refractivity contribution in [3.8, 4) is 0 Å². The number of amides is 2. The monoisotopic (exact) mass is 410 g/mol. The zero-order valence-electron chi connectivity index (χ0n) is 18.5. The van der Waals surface area contributed by atoms with Gasteiger partial charge in [0.2, 0.25) is 0 Å². The molecule has 0 radical (unpaired) electrons. The predicted octanol–water partition coefficient (Wildman–Crippen LogP) is 2.47. The Hall–Kier alpha value is -2.18. The molecule has 1 aromatic rings. The average molecular weight is 411 g/mol. The lowest BCUT2D eigenvalue weighted by Crippen LogP contribution is -2.47. The van der Waals surface area contributed by atoms with Crippen LogP contribution in [0.25, 0.3) is 6.08 Å². The van der Waals surface area contributed by atoms with Crippen LogP contribution in [0, 0.1) is 5.92 Å². The molecule has 2 aliphatic heterocycles. The number of imide groups is 1. The summed E-state index contributed by atoms with van der Waals surface area (Å²) < 4.78 is 0. The van der Waals surface area contributed by atoms with E-state index in [1.54, 1.807) is 6.08 Å². The number of aryl methyl sites for hydroxylation is 1. The summed E-state index contributed by atoms with van der Waals surface area (Å²) in [5, 5.41) is 0. The fourth-order valence-electron chi connectivity index (χ4n) is 4.80. The van der Waals surface area contributed by atoms with Gasteiger partial charge in [-0.2, -0.15) is 0 Å². The first-order valence-corrected chi connectivity index (χ1v) is 11.3. The summed E-state index contributed by atoms with van der Waals surface area (Å²) in [4.78, 5) is 35.7. The molecular weight excluding hydrogens is 376 g/mol. The smallest absolute Gasteiger partial charge is 0.258 e. The number of hydrogen-bond donors (Lipinski definition) is 1. The molecule has 3 heterocycles. The number of aromatic nitrogens is 1. The SMILES string of the molecule is CC(C)CC(Cc1cc2c([nH]1)C=CCC2)N1C(=O)C=C(CN2CCN(C)CC2)C1=O. The lowest BCUT2D eigenvalue weighted by atomic mass is 9.97. The molecule has 0 spiro atoms. The van der Waals surface area contributed by atoms with Crippen molar-refractivity contribution in [3.63, 3.8) is 0 Å². The second-order valence-corrected chi connectivity index (χ2v) is 9.42. The van der Waals surface area contributed by atoms with Crippen molar-refractivity contribution < 1.29 is 9.59 Å². The van der Waals surface area contributed by atoms with E-state index in [9.17, 15) is 9.59 Å². The maximum atomic E-state index is 13.2. The number of aromatic amines is 1. The van der Waals surface area contributed by atoms with Gasteiger partial charge in [-0.1, -0.05) is 19.9 Å². The number of fused-ring (bicyclic) bond motifs is 1. The summed E-state index contributed by atoms with van der Waals surface area (Å²) in [5.41, 5.74) is 4.27. The third-order valence-electron chi connectivity index (χ3n) is 6.44. The molecular formula is C24H34N4O2. The van der Waals surface area contributed by atoms with Crippen molar-refractivity contribution >= 4 is 17.9 Å². The van der Waals surface area contributed by atoms with Gasteiger partial charge in [0, 0.05) is 68.2 Å². The molecule has 162 valence electrons. The number of hydrogen-bond acceptors (Lipinski definition) is 4. The van der Waals surface area contributed by atoms with Gasteiger partial charge < -0.3 is 9.88 Å². The van der Waals surface area contributed by atoms with E-state index in [0.717, 1.165) is 51.1 Å². The van der Waals surface area contributed by atoms with E-state index in [-0.39, 0.29) is 17.9 Å². The van der Waals surface area contributed by atoms with Crippen LogP contribution in [-0.4, -0.2) is 77.3 Å². The summed E-state index contributed by atoms with van der Waals surface area (Å²) in [6.07, 6.45) is 9.53. The summed E-state index contributed by atoms with van der Waals surface area (Å²) in [6.45, 7) is 8.75. The molecule has 6 nitrogen and oxygen atoms in total. The van der Waals surface area contributed by atoms with E-state index in [4.69, 9.17) is 0 Å². The minimum absolute atomic E-state index is 0.0965. The minimum atomic E-state index is -0.147. The Morgan fingerprint density at radius 1 is 1.13 bits per heavy atom. The average Bonchev–Trinajstić information content (AvgIpc) is 3.22. The van der Waals surface area contributed by atoms with Gasteiger partial charge in [-0.3, -0.25) is 19.4 Å². The lowest BCUT2D eigenvalue weighted by Gasteiger charge is -2.33. The Balaban J connectivity index is 1.47. The molecule has 30 heavy (non-hydrogen) atoms. The second-order valence-electron chi connectivity index (χ2n) is 9.42. The Kier molecular flexibility index (Phi) is 6.25. The van der Waals surface area contributed by atoms with Gasteiger partial charge >= 0.3 is 0 Å². The summed E-state index contributed by atoms with van der Waals surface area (Å²) in [6, 6.07) is 2.10. The number of likely N-dealkylation sites (N-methyl/N-ethyl adjacent to an activating group) is 1. The van der Waals surface area contributed by atoms with E-state index in [2.05, 4.69) is 53.9 Å². The Bertz CT molecular complexity index is 859. The van der Waals surface area contributed by atoms with Crippen molar-refractivity contribution in [3.05, 3.63) is 40.7 Å². The van der Waals surface area contributed by atoms with Gasteiger partial charge in [0.05, 0.1) is 0 Å². The van der Waals surface area contributed by atoms with Crippen LogP contribution in [0.3, 0.4) is 0 Å². The highest BCUT2D eigenvalue weighted by Crippen LogP contribution is 2.26. The Labute approximate surface area is 179 Å². The van der Waals surface area contributed by atoms with Crippen LogP contribution >= 0.6 is 0 Å². The minimum Gasteiger partial charge on any atom is -0.359 e. The third-order valence-corrected chi connectivity index (χ3v) is 6.44. The number of nitrogens with zero attached hydrogens (tertiary/aromatic N) is 3. The zero-order valence-corrected chi connectivity index (χ0v) is 18.5. The maximum absolute atomic E-state index is 13.2. The van der Waals surface area contributed by atoms with Crippen LogP contribution in [0.15, 0.2) is 23.8 Å². The number of rotatable bonds is 7. The highest BCUT2D eigenvalue weighted by atomic mass is 16.2. The molecule has 4 rings (SSSR count). The first-order chi connectivity index (χ1) is 14.4. The molecule has 0 saturated carbocycles. The number of H-pyrrole nitrogens is 1. The second kappa shape index (κ2) is 8.90. The van der Waals surface area contributed by atoms with Gasteiger partial charge in [-0.15, -0.1) is 0 Å². The first-order valence-electron chi connectivity index (χ1n) is 11.3. The van der Waals surface area contributed by atoms with Crippen LogP contribution in [-0.2, 0) is 22.4 Å². The number of nitrogens with one attached hydrogen (secondary N) is 1. The lowest BCUT2D eigenvalue weighted by molar-refractivity contribution is -0.140. The van der Waals surface area contributed by atoms with Gasteiger partial charge in [-0.25, -0.2) is 0 Å². The number of carbonyl (C=O) groups excluding carboxylic acids is 2. The molecule has 0 aromatic carbocycles. The molecule has 1 saturated heterocycles. The highest BCUT2D eigenvalue weighted by molar-refractivity contribution is 6.16. The quantitative estimate of drug-likeness (QED) is 0.702. The van der Waals surface area contributed by atoms with Crippen molar-refractivity contribution in [1.82, 2.24) is 19.7 Å². The van der Waals surface area contributed by atoms with Crippen LogP contribution in [0.1, 0.15) is 43.6 Å². The molecule has 1 fully saturated rings. The molecule has 1 aromatic heterocycles. The summed E-state index contributed by atoms with van der Waals surface area (Å²) in [5.74, 6) is 0.161. The van der Waals surface area contributed by atoms with E-state index in [0.29, 0.717) is 24.5 Å². The molecule has 3 aliphatic rings. The predicted molar refractivity (Wildman–Crippen MR) is 119 cm³/mol. The highest BCUT2D eigenvalue weighted by Gasteiger charge is 2.37. The summed E-state index contributed by atoms with van der Waals surface area (Å²) in [7, 11) is 2.12. The van der Waals surface area contributed by atoms with Crippen LogP contribution < -0.4 is 0 Å². The van der Waals surface area contributed by atoms with Crippen molar-refractivity contribution in [1.29, 1.82) is 0 Å². The van der Waals surface area contributed by atoms with Gasteiger partial charge in [0.25, 0.3) is 11.8 Å². The van der Waals surface area contributed by atoms with Crippen molar-refractivity contribution in [2.75, 3.05) is 39.8 Å². The fraction of sp³-hybridized carbons (Fsp3) is 0.583. The Morgan fingerprint density at radius 2 is 1.90 bits per heavy atom. The third kappa shape index (κ3) is 4.60. The molecule has 2 amide bonds. The number of allylic oxidation sites excluding steroid dienone is 1. The van der Waals surface area contributed by atoms with E-state index >= 15 is 0 Å². The first kappa shape index (κ1) is 21.1. The molecule has 1 N–H and O–H groups in total. The van der Waals surface area contributed by atoms with Gasteiger partial charge in [0.1, 0.15) is 0 Å². The molecule has 6 heteroatoms. The van der Waals surface area contributed by atoms with Gasteiger partial charge in [-0.05, 0) is 49.9 Å². The van der Waals surface area contributed by atoms with Gasteiger partial charge in [0.15, 0.2) is 0 Å². The van der Waals surface area contributed by atoms with Crippen molar-refractivity contribution in [2.45, 2.75) is 45.6 Å². The fourth-order valence-corrected chi connectivity index (χ4v) is 4.80. The maximum Gasteiger partial charge on any atom is 0.258 e. The van der Waals surface area contributed by atoms with Crippen LogP contribution in [0.2, 0.25) is 0 Å². The molecule has 1 unspecified atom stereocenters. The topological polar surface area (TPSA) is 59.7 Å².